The summed E-state index contributed by atoms with van der Waals surface area (Å²) < 4.78 is 12.9. The maximum Gasteiger partial charge on any atom is 0.296 e. The van der Waals surface area contributed by atoms with Gasteiger partial charge in [-0.2, -0.15) is 5.10 Å². The van der Waals surface area contributed by atoms with Crippen LogP contribution in [0, 0.1) is 0 Å². The van der Waals surface area contributed by atoms with E-state index in [2.05, 4.69) is 10.1 Å². The summed E-state index contributed by atoms with van der Waals surface area (Å²) in [6.07, 6.45) is 6.12. The smallest absolute Gasteiger partial charge is 0.296 e. The number of hydrogen-bond acceptors (Lipinski definition) is 4. The number of aromatic nitrogens is 3. The van der Waals surface area contributed by atoms with Crippen LogP contribution in [0.5, 0.6) is 0 Å². The van der Waals surface area contributed by atoms with E-state index in [4.69, 9.17) is 21.1 Å². The molecule has 0 saturated heterocycles. The third kappa shape index (κ3) is 1.93. The van der Waals surface area contributed by atoms with Gasteiger partial charge in [0, 0.05) is 10.6 Å². The molecule has 6 heteroatoms. The summed E-state index contributed by atoms with van der Waals surface area (Å²) in [6, 6.07) is 7.33. The molecule has 1 aliphatic rings. The molecule has 0 unspecified atom stereocenters. The van der Waals surface area contributed by atoms with Crippen molar-refractivity contribution in [2.45, 2.75) is 12.3 Å². The van der Waals surface area contributed by atoms with E-state index in [1.165, 1.54) is 18.9 Å². The Hall–Kier alpha value is -2.01. The standard InChI is InChI=1S/C12H10ClN3O2/c13-11-3-1-10(2-4-11)12(17-5-6-18-12)7-16-9-14-8-15-16/h1-6,8-9H,7H2. The van der Waals surface area contributed by atoms with Gasteiger partial charge in [-0.15, -0.1) is 0 Å². The van der Waals surface area contributed by atoms with E-state index in [0.29, 0.717) is 11.6 Å². The van der Waals surface area contributed by atoms with Crippen molar-refractivity contribution in [1.29, 1.82) is 0 Å². The molecule has 2 heterocycles. The summed E-state index contributed by atoms with van der Waals surface area (Å²) in [6.45, 7) is 0.404. The van der Waals surface area contributed by atoms with Gasteiger partial charge in [0.25, 0.3) is 5.79 Å². The largest absolute Gasteiger partial charge is 0.451 e. The van der Waals surface area contributed by atoms with Crippen LogP contribution in [-0.4, -0.2) is 14.8 Å². The van der Waals surface area contributed by atoms with Crippen molar-refractivity contribution < 1.29 is 9.47 Å². The van der Waals surface area contributed by atoms with Crippen LogP contribution in [0.1, 0.15) is 5.56 Å². The quantitative estimate of drug-likeness (QED) is 0.853. The molecule has 5 nitrogen and oxygen atoms in total. The molecular weight excluding hydrogens is 254 g/mol. The summed E-state index contributed by atoms with van der Waals surface area (Å²) in [7, 11) is 0. The molecule has 0 spiro atoms. The number of benzene rings is 1. The Bertz CT molecular complexity index is 543. The van der Waals surface area contributed by atoms with E-state index in [1.54, 1.807) is 23.1 Å². The van der Waals surface area contributed by atoms with Crippen LogP contribution in [0.3, 0.4) is 0 Å². The van der Waals surface area contributed by atoms with E-state index >= 15 is 0 Å². The zero-order valence-electron chi connectivity index (χ0n) is 9.36. The van der Waals surface area contributed by atoms with Crippen LogP contribution in [0.4, 0.5) is 0 Å². The lowest BCUT2D eigenvalue weighted by atomic mass is 10.1. The number of nitrogens with zero attached hydrogens (tertiary/aromatic N) is 3. The zero-order chi connectivity index (χ0) is 12.4. The van der Waals surface area contributed by atoms with Gasteiger partial charge in [-0.25, -0.2) is 9.67 Å². The molecular formula is C12H10ClN3O2. The van der Waals surface area contributed by atoms with Gasteiger partial charge in [-0.05, 0) is 24.3 Å². The first-order valence-corrected chi connectivity index (χ1v) is 5.75. The van der Waals surface area contributed by atoms with Crippen molar-refractivity contribution in [2.24, 2.45) is 0 Å². The molecule has 2 aromatic rings. The minimum atomic E-state index is -0.904. The lowest BCUT2D eigenvalue weighted by molar-refractivity contribution is -0.162. The van der Waals surface area contributed by atoms with Crippen molar-refractivity contribution in [3.8, 4) is 0 Å². The van der Waals surface area contributed by atoms with E-state index in [0.717, 1.165) is 5.56 Å². The van der Waals surface area contributed by atoms with E-state index in [9.17, 15) is 0 Å². The van der Waals surface area contributed by atoms with Gasteiger partial charge in [-0.1, -0.05) is 11.6 Å². The fourth-order valence-corrected chi connectivity index (χ4v) is 1.96. The van der Waals surface area contributed by atoms with Crippen LogP contribution >= 0.6 is 11.6 Å². The molecule has 0 bridgehead atoms. The molecule has 0 saturated carbocycles. The summed E-state index contributed by atoms with van der Waals surface area (Å²) in [5, 5.41) is 4.73. The van der Waals surface area contributed by atoms with Gasteiger partial charge >= 0.3 is 0 Å². The van der Waals surface area contributed by atoms with Gasteiger partial charge in [-0.3, -0.25) is 0 Å². The monoisotopic (exact) mass is 263 g/mol. The topological polar surface area (TPSA) is 49.2 Å². The van der Waals surface area contributed by atoms with E-state index in [-0.39, 0.29) is 0 Å². The highest BCUT2D eigenvalue weighted by molar-refractivity contribution is 6.30. The van der Waals surface area contributed by atoms with Crippen LogP contribution in [0.25, 0.3) is 0 Å². The van der Waals surface area contributed by atoms with Crippen LogP contribution in [0.2, 0.25) is 5.02 Å². The van der Waals surface area contributed by atoms with Crippen LogP contribution in [0.15, 0.2) is 49.4 Å². The number of ether oxygens (including phenoxy) is 2. The van der Waals surface area contributed by atoms with E-state index in [1.807, 2.05) is 12.1 Å². The van der Waals surface area contributed by atoms with Crippen molar-refractivity contribution in [1.82, 2.24) is 14.8 Å². The SMILES string of the molecule is Clc1ccc(C2(Cn3cncn3)OC=CO2)cc1. The first kappa shape index (κ1) is 11.1. The molecule has 0 fully saturated rings. The maximum absolute atomic E-state index is 5.88. The molecule has 0 amide bonds. The average Bonchev–Trinajstić information content (AvgIpc) is 3.03. The molecule has 0 aliphatic carbocycles. The second-order valence-electron chi connectivity index (χ2n) is 3.86. The Labute approximate surface area is 109 Å². The maximum atomic E-state index is 5.88. The van der Waals surface area contributed by atoms with Crippen molar-refractivity contribution >= 4 is 11.6 Å². The third-order valence-corrected chi connectivity index (χ3v) is 2.95. The molecule has 1 aromatic heterocycles. The minimum absolute atomic E-state index is 0.404. The molecule has 18 heavy (non-hydrogen) atoms. The fraction of sp³-hybridized carbons (Fsp3) is 0.167. The van der Waals surface area contributed by atoms with Crippen molar-refractivity contribution in [3.05, 3.63) is 60.0 Å². The summed E-state index contributed by atoms with van der Waals surface area (Å²) in [5.74, 6) is -0.904. The number of hydrogen-bond donors (Lipinski definition) is 0. The van der Waals surface area contributed by atoms with Gasteiger partial charge in [0.15, 0.2) is 0 Å². The summed E-state index contributed by atoms with van der Waals surface area (Å²) in [5.41, 5.74) is 0.868. The highest BCUT2D eigenvalue weighted by Gasteiger charge is 2.39. The van der Waals surface area contributed by atoms with Gasteiger partial charge in [0.05, 0.1) is 0 Å². The fourth-order valence-electron chi connectivity index (χ4n) is 1.84. The van der Waals surface area contributed by atoms with Gasteiger partial charge in [0.2, 0.25) is 0 Å². The van der Waals surface area contributed by atoms with Crippen molar-refractivity contribution in [3.63, 3.8) is 0 Å². The molecule has 92 valence electrons. The first-order chi connectivity index (χ1) is 8.78. The van der Waals surface area contributed by atoms with Crippen LogP contribution < -0.4 is 0 Å². The Balaban J connectivity index is 1.94. The normalized spacial score (nSPS) is 16.3. The Morgan fingerprint density at radius 3 is 2.50 bits per heavy atom. The molecule has 1 aromatic carbocycles. The van der Waals surface area contributed by atoms with E-state index < -0.39 is 5.79 Å². The number of halogens is 1. The Morgan fingerprint density at radius 2 is 1.89 bits per heavy atom. The Kier molecular flexibility index (Phi) is 2.68. The predicted molar refractivity (Wildman–Crippen MR) is 64.5 cm³/mol. The van der Waals surface area contributed by atoms with Gasteiger partial charge < -0.3 is 9.47 Å². The predicted octanol–water partition coefficient (Wildman–Crippen LogP) is 2.30. The molecule has 0 radical (unpaired) electrons. The third-order valence-electron chi connectivity index (χ3n) is 2.69. The van der Waals surface area contributed by atoms with Gasteiger partial charge in [0.1, 0.15) is 31.7 Å². The molecule has 0 atom stereocenters. The lowest BCUT2D eigenvalue weighted by Gasteiger charge is -2.27. The number of rotatable bonds is 3. The summed E-state index contributed by atoms with van der Waals surface area (Å²) >= 11 is 5.88. The van der Waals surface area contributed by atoms with Crippen LogP contribution in [-0.2, 0) is 21.8 Å². The second-order valence-corrected chi connectivity index (χ2v) is 4.30. The Morgan fingerprint density at radius 1 is 1.17 bits per heavy atom. The zero-order valence-corrected chi connectivity index (χ0v) is 10.1. The lowest BCUT2D eigenvalue weighted by Crippen LogP contribution is -2.32. The van der Waals surface area contributed by atoms with Crippen molar-refractivity contribution in [2.75, 3.05) is 0 Å². The molecule has 3 rings (SSSR count). The highest BCUT2D eigenvalue weighted by Crippen LogP contribution is 2.34. The highest BCUT2D eigenvalue weighted by atomic mass is 35.5. The molecule has 1 aliphatic heterocycles. The molecule has 0 N–H and O–H groups in total. The minimum Gasteiger partial charge on any atom is -0.451 e. The second kappa shape index (κ2) is 4.34. The summed E-state index contributed by atoms with van der Waals surface area (Å²) in [4.78, 5) is 3.90. The average molecular weight is 264 g/mol. The first-order valence-electron chi connectivity index (χ1n) is 5.38.